The molecule has 0 aliphatic carbocycles. The Labute approximate surface area is 165 Å². The fourth-order valence-electron chi connectivity index (χ4n) is 3.29. The lowest BCUT2D eigenvalue weighted by atomic mass is 9.86. The molecule has 2 aromatic rings. The highest BCUT2D eigenvalue weighted by Gasteiger charge is 2.22. The Bertz CT molecular complexity index is 902. The number of hydrogen-bond donors (Lipinski definition) is 2. The van der Waals surface area contributed by atoms with E-state index in [1.54, 1.807) is 12.1 Å². The Morgan fingerprint density at radius 3 is 2.29 bits per heavy atom. The van der Waals surface area contributed by atoms with Crippen LogP contribution in [0.2, 0.25) is 0 Å². The summed E-state index contributed by atoms with van der Waals surface area (Å²) in [5.41, 5.74) is 2.59. The van der Waals surface area contributed by atoms with Crippen LogP contribution in [0.5, 0.6) is 0 Å². The maximum atomic E-state index is 12.7. The molecule has 3 rings (SSSR count). The van der Waals surface area contributed by atoms with Crippen molar-refractivity contribution in [2.24, 2.45) is 0 Å². The molecule has 1 aliphatic heterocycles. The van der Waals surface area contributed by atoms with Gasteiger partial charge >= 0.3 is 0 Å². The van der Waals surface area contributed by atoms with Crippen LogP contribution in [0.4, 0.5) is 5.82 Å². The van der Waals surface area contributed by atoms with Crippen molar-refractivity contribution in [3.63, 3.8) is 0 Å². The number of nitrogens with zero attached hydrogens (tertiary/aromatic N) is 4. The van der Waals surface area contributed by atoms with Gasteiger partial charge in [-0.1, -0.05) is 45.0 Å². The van der Waals surface area contributed by atoms with E-state index in [9.17, 15) is 4.79 Å². The van der Waals surface area contributed by atoms with Gasteiger partial charge in [0, 0.05) is 26.2 Å². The summed E-state index contributed by atoms with van der Waals surface area (Å²) in [4.78, 5) is 16.7. The molecule has 0 atom stereocenters. The van der Waals surface area contributed by atoms with Gasteiger partial charge in [-0.05, 0) is 28.7 Å². The first-order valence-electron chi connectivity index (χ1n) is 9.55. The van der Waals surface area contributed by atoms with E-state index in [1.165, 1.54) is 10.2 Å². The van der Waals surface area contributed by atoms with Crippen molar-refractivity contribution in [1.29, 1.82) is 10.8 Å². The van der Waals surface area contributed by atoms with Crippen molar-refractivity contribution in [1.82, 2.24) is 14.7 Å². The first-order chi connectivity index (χ1) is 13.3. The van der Waals surface area contributed by atoms with E-state index in [1.807, 2.05) is 4.90 Å². The standard InChI is InChI=1S/C21H28N6O/c1-21(2,3)17-6-4-16(5-7-17)14-20(28)26-12-10-25(11-13-26)19-9-8-18(23)27(15-22)24-19/h4-9,15,22-23H,10-14H2,1-3H3. The smallest absolute Gasteiger partial charge is 0.227 e. The highest BCUT2D eigenvalue weighted by Crippen LogP contribution is 2.22. The van der Waals surface area contributed by atoms with Crippen molar-refractivity contribution >= 4 is 18.1 Å². The number of piperazine rings is 1. The van der Waals surface area contributed by atoms with Crippen LogP contribution in [0, 0.1) is 10.8 Å². The Morgan fingerprint density at radius 2 is 1.71 bits per heavy atom. The zero-order valence-electron chi connectivity index (χ0n) is 16.8. The summed E-state index contributed by atoms with van der Waals surface area (Å²) in [5, 5.41) is 19.3. The topological polar surface area (TPSA) is 89.1 Å². The molecule has 1 amide bonds. The van der Waals surface area contributed by atoms with Gasteiger partial charge in [-0.2, -0.15) is 0 Å². The molecule has 1 aromatic heterocycles. The summed E-state index contributed by atoms with van der Waals surface area (Å²) in [6.45, 7) is 9.23. The zero-order valence-corrected chi connectivity index (χ0v) is 16.8. The van der Waals surface area contributed by atoms with Crippen LogP contribution in [0.3, 0.4) is 0 Å². The van der Waals surface area contributed by atoms with Crippen molar-refractivity contribution in [2.75, 3.05) is 31.1 Å². The Morgan fingerprint density at radius 1 is 1.07 bits per heavy atom. The van der Waals surface area contributed by atoms with Crippen LogP contribution in [0.25, 0.3) is 0 Å². The van der Waals surface area contributed by atoms with E-state index in [2.05, 4.69) is 55.0 Å². The molecule has 148 valence electrons. The van der Waals surface area contributed by atoms with E-state index in [0.29, 0.717) is 32.6 Å². The molecule has 1 aromatic carbocycles. The average Bonchev–Trinajstić information content (AvgIpc) is 2.68. The predicted molar refractivity (Wildman–Crippen MR) is 110 cm³/mol. The molecular weight excluding hydrogens is 352 g/mol. The summed E-state index contributed by atoms with van der Waals surface area (Å²) >= 11 is 0. The first kappa shape index (κ1) is 19.8. The van der Waals surface area contributed by atoms with Gasteiger partial charge in [0.25, 0.3) is 0 Å². The largest absolute Gasteiger partial charge is 0.352 e. The van der Waals surface area contributed by atoms with Gasteiger partial charge in [-0.25, -0.2) is 4.68 Å². The van der Waals surface area contributed by atoms with Crippen LogP contribution in [0.1, 0.15) is 31.9 Å². The predicted octanol–water partition coefficient (Wildman–Crippen LogP) is 2.01. The maximum Gasteiger partial charge on any atom is 0.227 e. The molecule has 7 heteroatoms. The number of aromatic nitrogens is 2. The van der Waals surface area contributed by atoms with Gasteiger partial charge in [0.1, 0.15) is 17.6 Å². The van der Waals surface area contributed by atoms with Crippen molar-refractivity contribution < 1.29 is 4.79 Å². The van der Waals surface area contributed by atoms with Gasteiger partial charge in [-0.3, -0.25) is 15.6 Å². The molecule has 0 unspecified atom stereocenters. The summed E-state index contributed by atoms with van der Waals surface area (Å²) < 4.78 is 1.23. The molecule has 7 nitrogen and oxygen atoms in total. The molecule has 2 heterocycles. The second-order valence-electron chi connectivity index (χ2n) is 8.14. The average molecular weight is 380 g/mol. The van der Waals surface area contributed by atoms with Crippen LogP contribution in [-0.4, -0.2) is 53.1 Å². The molecule has 1 saturated heterocycles. The highest BCUT2D eigenvalue weighted by molar-refractivity contribution is 5.79. The minimum atomic E-state index is 0.112. The number of hydrogen-bond acceptors (Lipinski definition) is 5. The molecule has 0 spiro atoms. The fourth-order valence-corrected chi connectivity index (χ4v) is 3.29. The molecule has 0 bridgehead atoms. The third-order valence-electron chi connectivity index (χ3n) is 5.10. The Hall–Kier alpha value is -2.96. The number of anilines is 1. The van der Waals surface area contributed by atoms with Crippen molar-refractivity contribution in [2.45, 2.75) is 32.6 Å². The zero-order chi connectivity index (χ0) is 20.3. The summed E-state index contributed by atoms with van der Waals surface area (Å²) in [6.07, 6.45) is 1.44. The molecular formula is C21H28N6O. The van der Waals surface area contributed by atoms with Gasteiger partial charge in [0.15, 0.2) is 0 Å². The summed E-state index contributed by atoms with van der Waals surface area (Å²) in [5.74, 6) is 0.872. The lowest BCUT2D eigenvalue weighted by molar-refractivity contribution is -0.130. The summed E-state index contributed by atoms with van der Waals surface area (Å²) in [7, 11) is 0. The lowest BCUT2D eigenvalue weighted by Crippen LogP contribution is -2.49. The lowest BCUT2D eigenvalue weighted by Gasteiger charge is -2.35. The first-order valence-corrected chi connectivity index (χ1v) is 9.55. The van der Waals surface area contributed by atoms with E-state index < -0.39 is 0 Å². The Kier molecular flexibility index (Phi) is 5.63. The minimum Gasteiger partial charge on any atom is -0.352 e. The Balaban J connectivity index is 1.58. The second kappa shape index (κ2) is 7.96. The van der Waals surface area contributed by atoms with Gasteiger partial charge < -0.3 is 9.80 Å². The van der Waals surface area contributed by atoms with Crippen LogP contribution in [-0.2, 0) is 16.6 Å². The number of nitrogens with one attached hydrogen (secondary N) is 2. The van der Waals surface area contributed by atoms with Gasteiger partial charge in [0.2, 0.25) is 5.91 Å². The quantitative estimate of drug-likeness (QED) is 0.628. The van der Waals surface area contributed by atoms with Crippen LogP contribution >= 0.6 is 0 Å². The third-order valence-corrected chi connectivity index (χ3v) is 5.10. The second-order valence-corrected chi connectivity index (χ2v) is 8.14. The molecule has 28 heavy (non-hydrogen) atoms. The molecule has 0 radical (unpaired) electrons. The number of benzene rings is 1. The van der Waals surface area contributed by atoms with Crippen molar-refractivity contribution in [3.8, 4) is 0 Å². The molecule has 2 N–H and O–H groups in total. The van der Waals surface area contributed by atoms with E-state index in [4.69, 9.17) is 10.8 Å². The van der Waals surface area contributed by atoms with Gasteiger partial charge in [-0.15, -0.1) is 5.10 Å². The van der Waals surface area contributed by atoms with Crippen LogP contribution in [0.15, 0.2) is 36.4 Å². The number of carbonyl (C=O) groups is 1. The number of carbonyl (C=O) groups excluding carboxylic acids is 1. The monoisotopic (exact) mass is 380 g/mol. The SMILES string of the molecule is CC(C)(C)c1ccc(CC(=O)N2CCN(c3ccc(=N)n(C=N)n3)CC2)cc1. The van der Waals surface area contributed by atoms with Crippen molar-refractivity contribution in [3.05, 3.63) is 53.0 Å². The number of rotatable bonds is 4. The molecule has 1 fully saturated rings. The summed E-state index contributed by atoms with van der Waals surface area (Å²) in [6, 6.07) is 11.7. The number of amides is 1. The maximum absolute atomic E-state index is 12.7. The van der Waals surface area contributed by atoms with E-state index in [-0.39, 0.29) is 16.8 Å². The molecule has 0 saturated carbocycles. The minimum absolute atomic E-state index is 0.112. The van der Waals surface area contributed by atoms with E-state index >= 15 is 0 Å². The fraction of sp³-hybridized carbons (Fsp3) is 0.429. The van der Waals surface area contributed by atoms with E-state index in [0.717, 1.165) is 17.7 Å². The third kappa shape index (κ3) is 4.47. The highest BCUT2D eigenvalue weighted by atomic mass is 16.2. The normalized spacial score (nSPS) is 14.8. The van der Waals surface area contributed by atoms with Crippen LogP contribution < -0.4 is 10.4 Å². The van der Waals surface area contributed by atoms with Gasteiger partial charge in [0.05, 0.1) is 6.42 Å². The molecule has 1 aliphatic rings.